The van der Waals surface area contributed by atoms with Crippen molar-refractivity contribution in [1.29, 1.82) is 0 Å². The Morgan fingerprint density at radius 1 is 1.30 bits per heavy atom. The summed E-state index contributed by atoms with van der Waals surface area (Å²) in [6.45, 7) is 3.39. The first-order chi connectivity index (χ1) is 9.70. The Hall–Kier alpha value is -1.30. The van der Waals surface area contributed by atoms with Crippen LogP contribution in [0.5, 0.6) is 0 Å². The number of hydrogen-bond donors (Lipinski definition) is 0. The van der Waals surface area contributed by atoms with E-state index in [1.807, 2.05) is 4.90 Å². The van der Waals surface area contributed by atoms with Crippen molar-refractivity contribution >= 4 is 12.0 Å². The second-order valence-electron chi connectivity index (χ2n) is 5.38. The highest BCUT2D eigenvalue weighted by Crippen LogP contribution is 2.16. The SMILES string of the molecule is COC(=O)CCN(CC1CCCO1)C(=O)N1CCCC1. The molecule has 0 radical (unpaired) electrons. The third-order valence-corrected chi connectivity index (χ3v) is 3.91. The van der Waals surface area contributed by atoms with Crippen molar-refractivity contribution in [2.75, 3.05) is 39.9 Å². The first kappa shape index (κ1) is 15.1. The number of carbonyl (C=O) groups is 2. The number of methoxy groups -OCH3 is 1. The molecule has 0 aliphatic carbocycles. The standard InChI is InChI=1S/C14H24N2O4/c1-19-13(17)6-9-16(11-12-5-4-10-20-12)14(18)15-7-2-3-8-15/h12H,2-11H2,1H3. The van der Waals surface area contributed by atoms with Gasteiger partial charge < -0.3 is 19.3 Å². The number of rotatable bonds is 5. The molecule has 2 saturated heterocycles. The summed E-state index contributed by atoms with van der Waals surface area (Å²) in [6.07, 6.45) is 4.52. The topological polar surface area (TPSA) is 59.1 Å². The van der Waals surface area contributed by atoms with Crippen LogP contribution in [-0.4, -0.2) is 67.8 Å². The summed E-state index contributed by atoms with van der Waals surface area (Å²) in [5, 5.41) is 0. The Labute approximate surface area is 120 Å². The third kappa shape index (κ3) is 4.10. The number of nitrogens with zero attached hydrogens (tertiary/aromatic N) is 2. The quantitative estimate of drug-likeness (QED) is 0.713. The molecule has 0 aromatic carbocycles. The van der Waals surface area contributed by atoms with Gasteiger partial charge in [0.1, 0.15) is 0 Å². The van der Waals surface area contributed by atoms with Crippen LogP contribution in [0.25, 0.3) is 0 Å². The molecule has 2 heterocycles. The van der Waals surface area contributed by atoms with Gasteiger partial charge in [0.2, 0.25) is 0 Å². The first-order valence-electron chi connectivity index (χ1n) is 7.43. The van der Waals surface area contributed by atoms with E-state index in [1.165, 1.54) is 7.11 Å². The minimum atomic E-state index is -0.281. The van der Waals surface area contributed by atoms with Crippen molar-refractivity contribution in [1.82, 2.24) is 9.80 Å². The van der Waals surface area contributed by atoms with E-state index in [0.29, 0.717) is 13.1 Å². The second-order valence-corrected chi connectivity index (χ2v) is 5.38. The van der Waals surface area contributed by atoms with Crippen LogP contribution in [0, 0.1) is 0 Å². The molecule has 0 aromatic heterocycles. The van der Waals surface area contributed by atoms with Gasteiger partial charge in [-0.15, -0.1) is 0 Å². The fourth-order valence-corrected chi connectivity index (χ4v) is 2.74. The lowest BCUT2D eigenvalue weighted by Crippen LogP contribution is -2.45. The van der Waals surface area contributed by atoms with Gasteiger partial charge in [-0.3, -0.25) is 4.79 Å². The Kier molecular flexibility index (Phi) is 5.64. The zero-order chi connectivity index (χ0) is 14.4. The number of likely N-dealkylation sites (tertiary alicyclic amines) is 1. The van der Waals surface area contributed by atoms with Crippen LogP contribution in [0.4, 0.5) is 4.79 Å². The molecule has 6 nitrogen and oxygen atoms in total. The Bertz CT molecular complexity index is 336. The van der Waals surface area contributed by atoms with Crippen LogP contribution in [0.3, 0.4) is 0 Å². The number of hydrogen-bond acceptors (Lipinski definition) is 4. The zero-order valence-electron chi connectivity index (χ0n) is 12.2. The van der Waals surface area contributed by atoms with E-state index in [-0.39, 0.29) is 24.5 Å². The van der Waals surface area contributed by atoms with Gasteiger partial charge in [-0.25, -0.2) is 4.79 Å². The minimum absolute atomic E-state index is 0.0295. The van der Waals surface area contributed by atoms with Crippen LogP contribution >= 0.6 is 0 Å². The summed E-state index contributed by atoms with van der Waals surface area (Å²) in [5.41, 5.74) is 0. The van der Waals surface area contributed by atoms with Crippen LogP contribution < -0.4 is 0 Å². The molecular weight excluding hydrogens is 260 g/mol. The summed E-state index contributed by atoms with van der Waals surface area (Å²) >= 11 is 0. The van der Waals surface area contributed by atoms with E-state index in [1.54, 1.807) is 4.90 Å². The molecule has 2 fully saturated rings. The lowest BCUT2D eigenvalue weighted by Gasteiger charge is -2.29. The number of urea groups is 1. The molecule has 2 aliphatic rings. The molecule has 0 N–H and O–H groups in total. The fourth-order valence-electron chi connectivity index (χ4n) is 2.74. The van der Waals surface area contributed by atoms with Crippen molar-refractivity contribution in [3.8, 4) is 0 Å². The molecule has 2 aliphatic heterocycles. The van der Waals surface area contributed by atoms with Crippen molar-refractivity contribution < 1.29 is 19.1 Å². The number of amides is 2. The lowest BCUT2D eigenvalue weighted by molar-refractivity contribution is -0.140. The predicted molar refractivity (Wildman–Crippen MR) is 73.4 cm³/mol. The van der Waals surface area contributed by atoms with Gasteiger partial charge >= 0.3 is 12.0 Å². The summed E-state index contributed by atoms with van der Waals surface area (Å²) < 4.78 is 10.3. The third-order valence-electron chi connectivity index (χ3n) is 3.91. The Balaban J connectivity index is 1.90. The van der Waals surface area contributed by atoms with E-state index in [9.17, 15) is 9.59 Å². The van der Waals surface area contributed by atoms with E-state index in [0.717, 1.165) is 45.4 Å². The van der Waals surface area contributed by atoms with Gasteiger partial charge in [-0.2, -0.15) is 0 Å². The molecule has 0 spiro atoms. The number of ether oxygens (including phenoxy) is 2. The minimum Gasteiger partial charge on any atom is -0.469 e. The first-order valence-corrected chi connectivity index (χ1v) is 7.43. The lowest BCUT2D eigenvalue weighted by atomic mass is 10.2. The molecule has 2 rings (SSSR count). The monoisotopic (exact) mass is 284 g/mol. The molecular formula is C14H24N2O4. The molecule has 0 bridgehead atoms. The van der Waals surface area contributed by atoms with E-state index in [4.69, 9.17) is 4.74 Å². The summed E-state index contributed by atoms with van der Waals surface area (Å²) in [4.78, 5) is 27.4. The second kappa shape index (κ2) is 7.47. The fraction of sp³-hybridized carbons (Fsp3) is 0.857. The number of carbonyl (C=O) groups excluding carboxylic acids is 2. The molecule has 114 valence electrons. The molecule has 1 atom stereocenters. The van der Waals surface area contributed by atoms with Gasteiger partial charge in [0.15, 0.2) is 0 Å². The molecule has 0 saturated carbocycles. The average Bonchev–Trinajstić information content (AvgIpc) is 3.14. The Morgan fingerprint density at radius 2 is 2.05 bits per heavy atom. The van der Waals surface area contributed by atoms with Crippen molar-refractivity contribution in [2.24, 2.45) is 0 Å². The maximum Gasteiger partial charge on any atom is 0.320 e. The predicted octanol–water partition coefficient (Wildman–Crippen LogP) is 1.25. The van der Waals surface area contributed by atoms with Gasteiger partial charge in [0.05, 0.1) is 19.6 Å². The Morgan fingerprint density at radius 3 is 2.65 bits per heavy atom. The molecule has 1 unspecified atom stereocenters. The summed E-state index contributed by atoms with van der Waals surface area (Å²) in [6, 6.07) is 0.0295. The molecule has 0 aromatic rings. The van der Waals surface area contributed by atoms with E-state index < -0.39 is 0 Å². The van der Waals surface area contributed by atoms with Crippen LogP contribution in [-0.2, 0) is 14.3 Å². The largest absolute Gasteiger partial charge is 0.469 e. The molecule has 6 heteroatoms. The van der Waals surface area contributed by atoms with E-state index >= 15 is 0 Å². The van der Waals surface area contributed by atoms with Gasteiger partial charge in [-0.1, -0.05) is 0 Å². The van der Waals surface area contributed by atoms with Crippen LogP contribution in [0.1, 0.15) is 32.1 Å². The normalized spacial score (nSPS) is 22.1. The average molecular weight is 284 g/mol. The highest BCUT2D eigenvalue weighted by Gasteiger charge is 2.27. The number of esters is 1. The molecule has 2 amide bonds. The highest BCUT2D eigenvalue weighted by molar-refractivity contribution is 5.76. The van der Waals surface area contributed by atoms with Crippen LogP contribution in [0.2, 0.25) is 0 Å². The summed E-state index contributed by atoms with van der Waals surface area (Å²) in [5.74, 6) is -0.281. The van der Waals surface area contributed by atoms with Crippen molar-refractivity contribution in [2.45, 2.75) is 38.2 Å². The van der Waals surface area contributed by atoms with Gasteiger partial charge in [-0.05, 0) is 25.7 Å². The van der Waals surface area contributed by atoms with E-state index in [2.05, 4.69) is 4.74 Å². The van der Waals surface area contributed by atoms with Crippen molar-refractivity contribution in [3.05, 3.63) is 0 Å². The van der Waals surface area contributed by atoms with Crippen LogP contribution in [0.15, 0.2) is 0 Å². The zero-order valence-corrected chi connectivity index (χ0v) is 12.2. The maximum atomic E-state index is 12.5. The smallest absolute Gasteiger partial charge is 0.320 e. The maximum absolute atomic E-state index is 12.5. The van der Waals surface area contributed by atoms with Crippen molar-refractivity contribution in [3.63, 3.8) is 0 Å². The highest BCUT2D eigenvalue weighted by atomic mass is 16.5. The van der Waals surface area contributed by atoms with Gasteiger partial charge in [0.25, 0.3) is 0 Å². The summed E-state index contributed by atoms with van der Waals surface area (Å²) in [7, 11) is 1.37. The molecule has 20 heavy (non-hydrogen) atoms. The van der Waals surface area contributed by atoms with Gasteiger partial charge in [0, 0.05) is 32.8 Å².